The number of aromatic nitrogens is 1. The number of hydrogen-bond donors (Lipinski definition) is 0. The van der Waals surface area contributed by atoms with E-state index in [-0.39, 0.29) is 12.2 Å². The molecule has 1 atom stereocenters. The number of nitrogens with zero attached hydrogens (tertiary/aromatic N) is 1. The maximum Gasteiger partial charge on any atom is 0.339 e. The number of fused-ring (bicyclic) bond motifs is 1. The zero-order valence-corrected chi connectivity index (χ0v) is 9.02. The molecule has 2 heterocycles. The van der Waals surface area contributed by atoms with E-state index < -0.39 is 12.1 Å². The van der Waals surface area contributed by atoms with Gasteiger partial charge in [-0.25, -0.2) is 9.78 Å². The van der Waals surface area contributed by atoms with Gasteiger partial charge in [-0.2, -0.15) is 0 Å². The average molecular weight is 221 g/mol. The number of carbonyl (C=O) groups is 2. The molecule has 0 fully saturated rings. The fourth-order valence-electron chi connectivity index (χ4n) is 1.52. The lowest BCUT2D eigenvalue weighted by Crippen LogP contribution is -2.31. The van der Waals surface area contributed by atoms with Gasteiger partial charge in [0.05, 0.1) is 12.7 Å². The van der Waals surface area contributed by atoms with E-state index in [9.17, 15) is 9.59 Å². The van der Waals surface area contributed by atoms with Crippen molar-refractivity contribution in [2.45, 2.75) is 19.4 Å². The maximum atomic E-state index is 11.4. The third kappa shape index (κ3) is 1.76. The van der Waals surface area contributed by atoms with E-state index in [2.05, 4.69) is 9.72 Å². The van der Waals surface area contributed by atoms with Gasteiger partial charge in [0.15, 0.2) is 11.9 Å². The number of esters is 1. The van der Waals surface area contributed by atoms with Gasteiger partial charge >= 0.3 is 5.97 Å². The topological polar surface area (TPSA) is 65.5 Å². The molecule has 0 radical (unpaired) electrons. The Hall–Kier alpha value is -1.91. The molecule has 2 rings (SSSR count). The van der Waals surface area contributed by atoms with Crippen LogP contribution in [0.25, 0.3) is 0 Å². The van der Waals surface area contributed by atoms with Crippen LogP contribution in [0, 0.1) is 0 Å². The van der Waals surface area contributed by atoms with Crippen molar-refractivity contribution in [3.05, 3.63) is 23.4 Å². The number of hydrogen-bond acceptors (Lipinski definition) is 5. The van der Waals surface area contributed by atoms with Crippen molar-refractivity contribution in [1.29, 1.82) is 0 Å². The van der Waals surface area contributed by atoms with Gasteiger partial charge in [0.1, 0.15) is 0 Å². The number of ketones is 1. The third-order valence-corrected chi connectivity index (χ3v) is 2.45. The Kier molecular flexibility index (Phi) is 2.60. The van der Waals surface area contributed by atoms with Crippen LogP contribution in [0.15, 0.2) is 12.3 Å². The highest BCUT2D eigenvalue weighted by atomic mass is 16.5. The van der Waals surface area contributed by atoms with Gasteiger partial charge in [0.2, 0.25) is 5.88 Å². The van der Waals surface area contributed by atoms with Crippen molar-refractivity contribution >= 4 is 11.8 Å². The largest absolute Gasteiger partial charge is 0.466 e. The fraction of sp³-hybridized carbons (Fsp3) is 0.364. The molecule has 1 aliphatic rings. The number of rotatable bonds is 1. The van der Waals surface area contributed by atoms with Crippen molar-refractivity contribution < 1.29 is 19.1 Å². The second-order valence-electron chi connectivity index (χ2n) is 3.58. The molecule has 0 saturated heterocycles. The second kappa shape index (κ2) is 3.92. The Morgan fingerprint density at radius 2 is 2.38 bits per heavy atom. The van der Waals surface area contributed by atoms with Crippen LogP contribution in [-0.4, -0.2) is 30.0 Å². The molecule has 0 saturated carbocycles. The van der Waals surface area contributed by atoms with E-state index in [0.717, 1.165) is 0 Å². The second-order valence-corrected chi connectivity index (χ2v) is 3.58. The summed E-state index contributed by atoms with van der Waals surface area (Å²) in [5.74, 6) is -0.0718. The quantitative estimate of drug-likeness (QED) is 0.655. The Morgan fingerprint density at radius 1 is 1.62 bits per heavy atom. The van der Waals surface area contributed by atoms with Gasteiger partial charge in [0.25, 0.3) is 0 Å². The van der Waals surface area contributed by atoms with Crippen LogP contribution in [0.1, 0.15) is 22.8 Å². The minimum atomic E-state index is -0.471. The average Bonchev–Trinajstić information content (AvgIpc) is 2.29. The molecule has 1 aliphatic heterocycles. The summed E-state index contributed by atoms with van der Waals surface area (Å²) in [6.45, 7) is 1.68. The van der Waals surface area contributed by atoms with Crippen molar-refractivity contribution in [2.75, 3.05) is 7.11 Å². The zero-order valence-electron chi connectivity index (χ0n) is 9.02. The molecule has 16 heavy (non-hydrogen) atoms. The van der Waals surface area contributed by atoms with Gasteiger partial charge in [0, 0.05) is 18.2 Å². The number of ether oxygens (including phenoxy) is 2. The monoisotopic (exact) mass is 221 g/mol. The van der Waals surface area contributed by atoms with E-state index >= 15 is 0 Å². The van der Waals surface area contributed by atoms with E-state index in [1.165, 1.54) is 13.3 Å². The van der Waals surface area contributed by atoms with Gasteiger partial charge in [-0.15, -0.1) is 0 Å². The van der Waals surface area contributed by atoms with Crippen LogP contribution in [-0.2, 0) is 16.0 Å². The number of carbonyl (C=O) groups excluding carboxylic acids is 2. The molecule has 1 aromatic rings. The molecule has 1 aromatic heterocycles. The van der Waals surface area contributed by atoms with Crippen molar-refractivity contribution in [2.24, 2.45) is 0 Å². The smallest absolute Gasteiger partial charge is 0.339 e. The Morgan fingerprint density at radius 3 is 3.06 bits per heavy atom. The Balaban J connectivity index is 2.36. The van der Waals surface area contributed by atoms with Gasteiger partial charge < -0.3 is 9.47 Å². The highest BCUT2D eigenvalue weighted by Crippen LogP contribution is 2.24. The zero-order chi connectivity index (χ0) is 11.7. The van der Waals surface area contributed by atoms with E-state index in [4.69, 9.17) is 4.74 Å². The summed E-state index contributed by atoms with van der Waals surface area (Å²) >= 11 is 0. The van der Waals surface area contributed by atoms with Crippen LogP contribution < -0.4 is 4.74 Å². The number of pyridine rings is 1. The first kappa shape index (κ1) is 10.6. The summed E-state index contributed by atoms with van der Waals surface area (Å²) in [4.78, 5) is 26.7. The summed E-state index contributed by atoms with van der Waals surface area (Å²) in [6.07, 6.45) is 1.16. The van der Waals surface area contributed by atoms with Gasteiger partial charge in [-0.05, 0) is 13.0 Å². The molecule has 0 bridgehead atoms. The van der Waals surface area contributed by atoms with Crippen LogP contribution in [0.3, 0.4) is 0 Å². The summed E-state index contributed by atoms with van der Waals surface area (Å²) in [5.41, 5.74) is 0.957. The van der Waals surface area contributed by atoms with Crippen LogP contribution in [0.2, 0.25) is 0 Å². The molecule has 84 valence electrons. The van der Waals surface area contributed by atoms with E-state index in [1.807, 2.05) is 0 Å². The lowest BCUT2D eigenvalue weighted by Gasteiger charge is -2.20. The molecule has 0 aliphatic carbocycles. The first-order chi connectivity index (χ1) is 7.61. The fourth-order valence-corrected chi connectivity index (χ4v) is 1.52. The van der Waals surface area contributed by atoms with Crippen LogP contribution >= 0.6 is 0 Å². The van der Waals surface area contributed by atoms with Crippen molar-refractivity contribution in [1.82, 2.24) is 4.98 Å². The first-order valence-electron chi connectivity index (χ1n) is 4.88. The molecular formula is C11H11NO4. The standard InChI is InChI=1S/C11H11NO4/c1-6-9(13)4-7-3-8(11(14)15-2)5-12-10(7)16-6/h3,5-6H,4H2,1-2H3/t6-/m0/s1. The minimum Gasteiger partial charge on any atom is -0.466 e. The molecule has 0 N–H and O–H groups in total. The number of methoxy groups -OCH3 is 1. The van der Waals surface area contributed by atoms with E-state index in [1.54, 1.807) is 13.0 Å². The highest BCUT2D eigenvalue weighted by molar-refractivity contribution is 5.91. The predicted molar refractivity (Wildman–Crippen MR) is 54.4 cm³/mol. The lowest BCUT2D eigenvalue weighted by molar-refractivity contribution is -0.125. The SMILES string of the molecule is COC(=O)c1cnc2c(c1)CC(=O)[C@H](C)O2. The van der Waals surface area contributed by atoms with Crippen molar-refractivity contribution in [3.8, 4) is 5.88 Å². The summed E-state index contributed by atoms with van der Waals surface area (Å²) in [6, 6.07) is 1.58. The van der Waals surface area contributed by atoms with Crippen LogP contribution in [0.4, 0.5) is 0 Å². The summed E-state index contributed by atoms with van der Waals surface area (Å²) in [7, 11) is 1.30. The third-order valence-electron chi connectivity index (χ3n) is 2.45. The maximum absolute atomic E-state index is 11.4. The van der Waals surface area contributed by atoms with Gasteiger partial charge in [-0.1, -0.05) is 0 Å². The molecule has 5 heteroatoms. The predicted octanol–water partition coefficient (Wildman–Crippen LogP) is 0.761. The lowest BCUT2D eigenvalue weighted by atomic mass is 10.0. The van der Waals surface area contributed by atoms with Gasteiger partial charge in [-0.3, -0.25) is 4.79 Å². The highest BCUT2D eigenvalue weighted by Gasteiger charge is 2.25. The molecule has 0 spiro atoms. The number of Topliss-reactive ketones (excluding diaryl/α,β-unsaturated/α-hetero) is 1. The summed E-state index contributed by atoms with van der Waals surface area (Å²) < 4.78 is 9.87. The van der Waals surface area contributed by atoms with Crippen molar-refractivity contribution in [3.63, 3.8) is 0 Å². The molecule has 5 nitrogen and oxygen atoms in total. The molecule has 0 unspecified atom stereocenters. The molecule has 0 aromatic carbocycles. The van der Waals surface area contributed by atoms with E-state index in [0.29, 0.717) is 17.0 Å². The van der Waals surface area contributed by atoms with Crippen LogP contribution in [0.5, 0.6) is 5.88 Å². The Labute approximate surface area is 92.4 Å². The molecule has 0 amide bonds. The Bertz CT molecular complexity index is 455. The summed E-state index contributed by atoms with van der Waals surface area (Å²) in [5, 5.41) is 0. The normalized spacial score (nSPS) is 18.6. The molecular weight excluding hydrogens is 210 g/mol. The minimum absolute atomic E-state index is 0.0173. The first-order valence-corrected chi connectivity index (χ1v) is 4.88.